The second-order valence-electron chi connectivity index (χ2n) is 3.67. The van der Waals surface area contributed by atoms with Crippen LogP contribution in [-0.2, 0) is 0 Å². The van der Waals surface area contributed by atoms with Crippen LogP contribution in [0.15, 0.2) is 23.0 Å². The fourth-order valence-corrected chi connectivity index (χ4v) is 1.81. The molecule has 16 heavy (non-hydrogen) atoms. The first-order valence-corrected chi connectivity index (χ1v) is 4.74. The van der Waals surface area contributed by atoms with Crippen LogP contribution in [0, 0.1) is 17.6 Å². The quantitative estimate of drug-likeness (QED) is 0.532. The largest absolute Gasteiger partial charge is 0.413 e. The molecule has 0 aromatic heterocycles. The third-order valence-corrected chi connectivity index (χ3v) is 2.55. The minimum atomic E-state index is -0.388. The van der Waals surface area contributed by atoms with E-state index in [1.807, 2.05) is 13.0 Å². The van der Waals surface area contributed by atoms with Crippen LogP contribution in [0.5, 0.6) is 0 Å². The van der Waals surface area contributed by atoms with Crippen molar-refractivity contribution in [3.63, 3.8) is 0 Å². The summed E-state index contributed by atoms with van der Waals surface area (Å²) in [5.41, 5.74) is 1.41. The minimum Gasteiger partial charge on any atom is -0.413 e. The molecule has 0 saturated heterocycles. The second-order valence-corrected chi connectivity index (χ2v) is 3.67. The van der Waals surface area contributed by atoms with Gasteiger partial charge in [-0.2, -0.15) is 0 Å². The number of nitrogens with zero attached hydrogens (tertiary/aromatic N) is 3. The first-order chi connectivity index (χ1) is 7.66. The van der Waals surface area contributed by atoms with Crippen LogP contribution in [-0.4, -0.2) is 25.3 Å². The van der Waals surface area contributed by atoms with Gasteiger partial charge in [0.2, 0.25) is 0 Å². The smallest absolute Gasteiger partial charge is 0.300 e. The number of hydrogen-bond donors (Lipinski definition) is 2. The Hall–Kier alpha value is -2.37. The molecule has 6 heteroatoms. The van der Waals surface area contributed by atoms with Gasteiger partial charge < -0.3 is 5.21 Å². The Morgan fingerprint density at radius 3 is 3.00 bits per heavy atom. The zero-order valence-corrected chi connectivity index (χ0v) is 8.43. The highest BCUT2D eigenvalue weighted by Gasteiger charge is 2.08. The van der Waals surface area contributed by atoms with Crippen molar-refractivity contribution in [2.45, 2.75) is 6.92 Å². The number of aryl methyl sites for hydroxylation is 1. The molecule has 6 nitrogen and oxygen atoms in total. The standard InChI is InChI=1S/C10H8N4O2/c1-5-2-3-6-7(4-5)14(16)13-9-8(6)10(15)12-11-9/h2-4,13,16H,1H3. The summed E-state index contributed by atoms with van der Waals surface area (Å²) in [5.74, 6) is 0. The van der Waals surface area contributed by atoms with Gasteiger partial charge in [-0.15, -0.1) is 15.0 Å². The van der Waals surface area contributed by atoms with E-state index in [1.54, 1.807) is 12.1 Å². The molecule has 0 saturated carbocycles. The first kappa shape index (κ1) is 8.90. The SMILES string of the molecule is Cc1ccc2c3c(=O)nnc=3[nH]n(O)c2c1. The predicted molar refractivity (Wildman–Crippen MR) is 55.4 cm³/mol. The number of hydrogen-bond acceptors (Lipinski definition) is 4. The molecule has 2 aliphatic heterocycles. The van der Waals surface area contributed by atoms with Crippen LogP contribution < -0.4 is 5.56 Å². The van der Waals surface area contributed by atoms with E-state index in [4.69, 9.17) is 0 Å². The van der Waals surface area contributed by atoms with Crippen LogP contribution in [0.2, 0.25) is 0 Å². The number of aromatic nitrogens is 4. The number of nitrogens with one attached hydrogen (secondary N) is 1. The van der Waals surface area contributed by atoms with Gasteiger partial charge in [0.15, 0.2) is 5.48 Å². The Morgan fingerprint density at radius 2 is 2.19 bits per heavy atom. The van der Waals surface area contributed by atoms with Gasteiger partial charge in [-0.3, -0.25) is 4.79 Å². The monoisotopic (exact) mass is 216 g/mol. The molecule has 0 atom stereocenters. The van der Waals surface area contributed by atoms with E-state index < -0.39 is 0 Å². The summed E-state index contributed by atoms with van der Waals surface area (Å²) >= 11 is 0. The van der Waals surface area contributed by atoms with Crippen molar-refractivity contribution >= 4 is 10.9 Å². The number of rotatable bonds is 0. The molecule has 2 heterocycles. The van der Waals surface area contributed by atoms with Gasteiger partial charge in [0, 0.05) is 5.39 Å². The Bertz CT molecular complexity index is 802. The molecular formula is C10H8N4O2. The normalized spacial score (nSPS) is 11.3. The summed E-state index contributed by atoms with van der Waals surface area (Å²) < 4.78 is 0. The highest BCUT2D eigenvalue weighted by atomic mass is 16.5. The molecule has 0 radical (unpaired) electrons. The summed E-state index contributed by atoms with van der Waals surface area (Å²) in [7, 11) is 0. The highest BCUT2D eigenvalue weighted by molar-refractivity contribution is 5.79. The van der Waals surface area contributed by atoms with E-state index in [9.17, 15) is 10.0 Å². The molecular weight excluding hydrogens is 208 g/mol. The van der Waals surface area contributed by atoms with E-state index in [0.29, 0.717) is 16.1 Å². The van der Waals surface area contributed by atoms with Crippen molar-refractivity contribution in [2.75, 3.05) is 0 Å². The van der Waals surface area contributed by atoms with E-state index >= 15 is 0 Å². The van der Waals surface area contributed by atoms with Gasteiger partial charge in [0.1, 0.15) is 5.52 Å². The van der Waals surface area contributed by atoms with Crippen LogP contribution in [0.25, 0.3) is 10.9 Å². The summed E-state index contributed by atoms with van der Waals surface area (Å²) in [6.07, 6.45) is 0. The van der Waals surface area contributed by atoms with E-state index in [0.717, 1.165) is 10.4 Å². The molecule has 2 N–H and O–H groups in total. The maximum Gasteiger partial charge on any atom is 0.300 e. The molecule has 0 bridgehead atoms. The van der Waals surface area contributed by atoms with Crippen LogP contribution in [0.1, 0.15) is 5.56 Å². The van der Waals surface area contributed by atoms with Crippen molar-refractivity contribution in [3.8, 4) is 0 Å². The third-order valence-electron chi connectivity index (χ3n) is 2.55. The van der Waals surface area contributed by atoms with E-state index in [2.05, 4.69) is 15.3 Å². The van der Waals surface area contributed by atoms with E-state index in [1.165, 1.54) is 0 Å². The molecule has 1 aromatic rings. The van der Waals surface area contributed by atoms with E-state index in [-0.39, 0.29) is 11.0 Å². The molecule has 80 valence electrons. The van der Waals surface area contributed by atoms with Gasteiger partial charge in [-0.05, 0) is 18.6 Å². The lowest BCUT2D eigenvalue weighted by Crippen LogP contribution is -2.06. The summed E-state index contributed by atoms with van der Waals surface area (Å²) in [4.78, 5) is 12.4. The van der Waals surface area contributed by atoms with Crippen molar-refractivity contribution in [1.82, 2.24) is 20.1 Å². The van der Waals surface area contributed by atoms with Crippen molar-refractivity contribution in [3.05, 3.63) is 44.8 Å². The summed E-state index contributed by atoms with van der Waals surface area (Å²) in [6.45, 7) is 1.91. The Kier molecular flexibility index (Phi) is 1.57. The average molecular weight is 216 g/mol. The maximum absolute atomic E-state index is 11.5. The maximum atomic E-state index is 11.5. The van der Waals surface area contributed by atoms with Crippen molar-refractivity contribution in [2.24, 2.45) is 0 Å². The average Bonchev–Trinajstić information content (AvgIpc) is 2.61. The van der Waals surface area contributed by atoms with Crippen LogP contribution in [0.3, 0.4) is 0 Å². The number of aromatic amines is 1. The molecule has 1 aromatic carbocycles. The molecule has 2 aliphatic rings. The second kappa shape index (κ2) is 2.82. The van der Waals surface area contributed by atoms with Crippen LogP contribution in [0.4, 0.5) is 0 Å². The lowest BCUT2D eigenvalue weighted by atomic mass is 10.1. The van der Waals surface area contributed by atoms with Gasteiger partial charge in [0.25, 0.3) is 5.56 Å². The highest BCUT2D eigenvalue weighted by Crippen LogP contribution is 2.14. The number of H-pyrrole nitrogens is 1. The number of benzene rings is 1. The zero-order chi connectivity index (χ0) is 11.3. The van der Waals surface area contributed by atoms with Gasteiger partial charge in [-0.25, -0.2) is 5.10 Å². The van der Waals surface area contributed by atoms with Gasteiger partial charge >= 0.3 is 0 Å². The Morgan fingerprint density at radius 1 is 1.38 bits per heavy atom. The Labute approximate surface area is 88.7 Å². The molecule has 0 fully saturated rings. The van der Waals surface area contributed by atoms with Gasteiger partial charge in [0.05, 0.1) is 5.22 Å². The minimum absolute atomic E-state index is 0.281. The zero-order valence-electron chi connectivity index (χ0n) is 8.43. The summed E-state index contributed by atoms with van der Waals surface area (Å²) in [5, 5.41) is 20.4. The molecule has 3 rings (SSSR count). The fourth-order valence-electron chi connectivity index (χ4n) is 1.81. The first-order valence-electron chi connectivity index (χ1n) is 4.74. The molecule has 0 unspecified atom stereocenters. The molecule has 0 amide bonds. The third kappa shape index (κ3) is 1.04. The summed E-state index contributed by atoms with van der Waals surface area (Å²) in [6, 6.07) is 5.42. The van der Waals surface area contributed by atoms with Crippen molar-refractivity contribution < 1.29 is 5.21 Å². The lowest BCUT2D eigenvalue weighted by molar-refractivity contribution is 0.155. The van der Waals surface area contributed by atoms with Crippen LogP contribution >= 0.6 is 0 Å². The molecule has 0 aliphatic carbocycles. The number of fused-ring (bicyclic) bond motifs is 2. The molecule has 0 spiro atoms. The lowest BCUT2D eigenvalue weighted by Gasteiger charge is -2.04. The topological polar surface area (TPSA) is 83.8 Å². The predicted octanol–water partition coefficient (Wildman–Crippen LogP) is 0.390. The fraction of sp³-hybridized carbons (Fsp3) is 0.100. The van der Waals surface area contributed by atoms with Gasteiger partial charge in [-0.1, -0.05) is 12.1 Å². The van der Waals surface area contributed by atoms with Crippen molar-refractivity contribution in [1.29, 1.82) is 0 Å². The Balaban J connectivity index is 2.74.